The molecule has 0 unspecified atom stereocenters. The van der Waals surface area contributed by atoms with Gasteiger partial charge in [0.1, 0.15) is 23.9 Å². The van der Waals surface area contributed by atoms with Gasteiger partial charge in [-0.2, -0.15) is 15.8 Å². The first-order valence-corrected chi connectivity index (χ1v) is 9.31. The molecule has 1 aromatic rings. The van der Waals surface area contributed by atoms with Gasteiger partial charge in [-0.1, -0.05) is 25.4 Å². The number of piperazine rings is 1. The topological polar surface area (TPSA) is 107 Å². The Labute approximate surface area is 170 Å². The van der Waals surface area contributed by atoms with Crippen molar-refractivity contribution in [2.24, 2.45) is 5.92 Å². The fourth-order valence-corrected chi connectivity index (χ4v) is 3.24. The molecule has 1 N–H and O–H groups in total. The lowest BCUT2D eigenvalue weighted by Crippen LogP contribution is -2.49. The molecule has 1 aliphatic heterocycles. The van der Waals surface area contributed by atoms with Crippen LogP contribution in [-0.2, 0) is 4.79 Å². The number of hydrogen-bond acceptors (Lipinski definition) is 6. The van der Waals surface area contributed by atoms with Crippen LogP contribution in [0.15, 0.2) is 29.5 Å². The maximum Gasteiger partial charge on any atom is 0.222 e. The third-order valence-electron chi connectivity index (χ3n) is 4.36. The molecule has 0 bridgehead atoms. The van der Waals surface area contributed by atoms with Crippen LogP contribution >= 0.6 is 11.6 Å². The van der Waals surface area contributed by atoms with Crippen molar-refractivity contribution in [3.05, 3.63) is 34.5 Å². The molecule has 0 atom stereocenters. The summed E-state index contributed by atoms with van der Waals surface area (Å²) < 4.78 is 0. The second-order valence-electron chi connectivity index (χ2n) is 6.84. The molecule has 1 amide bonds. The van der Waals surface area contributed by atoms with Gasteiger partial charge in [0.05, 0.1) is 10.7 Å². The summed E-state index contributed by atoms with van der Waals surface area (Å²) in [6, 6.07) is 10.4. The molecule has 1 saturated heterocycles. The monoisotopic (exact) mass is 396 g/mol. The number of anilines is 2. The first kappa shape index (κ1) is 21.1. The van der Waals surface area contributed by atoms with E-state index in [-0.39, 0.29) is 17.2 Å². The second kappa shape index (κ2) is 9.65. The van der Waals surface area contributed by atoms with E-state index in [4.69, 9.17) is 27.4 Å². The van der Waals surface area contributed by atoms with Gasteiger partial charge in [0, 0.05) is 38.3 Å². The minimum absolute atomic E-state index is 0.119. The van der Waals surface area contributed by atoms with Crippen molar-refractivity contribution >= 4 is 28.9 Å². The van der Waals surface area contributed by atoms with Gasteiger partial charge in [0.2, 0.25) is 5.91 Å². The van der Waals surface area contributed by atoms with Crippen LogP contribution in [0.25, 0.3) is 0 Å². The number of rotatable bonds is 5. The van der Waals surface area contributed by atoms with Crippen molar-refractivity contribution in [1.29, 1.82) is 15.8 Å². The minimum atomic E-state index is -0.287. The highest BCUT2D eigenvalue weighted by atomic mass is 35.5. The Balaban J connectivity index is 2.07. The molecule has 7 nitrogen and oxygen atoms in total. The molecular weight excluding hydrogens is 376 g/mol. The van der Waals surface area contributed by atoms with E-state index in [1.54, 1.807) is 24.3 Å². The van der Waals surface area contributed by atoms with Crippen LogP contribution in [0.3, 0.4) is 0 Å². The standard InChI is InChI=1S/C20H21ClN6O/c1-14(2)9-20(28)27-7-5-26(6-8-27)19-4-3-16(10-17(19)21)25-18(13-24)15(11-22)12-23/h3-4,10,14,25H,5-9H2,1-2H3. The molecule has 0 aromatic heterocycles. The summed E-state index contributed by atoms with van der Waals surface area (Å²) in [5, 5.41) is 30.2. The summed E-state index contributed by atoms with van der Waals surface area (Å²) in [5.74, 6) is 0.525. The van der Waals surface area contributed by atoms with Crippen LogP contribution in [0.1, 0.15) is 20.3 Å². The average molecular weight is 397 g/mol. The highest BCUT2D eigenvalue weighted by molar-refractivity contribution is 6.33. The third-order valence-corrected chi connectivity index (χ3v) is 4.66. The van der Waals surface area contributed by atoms with E-state index >= 15 is 0 Å². The lowest BCUT2D eigenvalue weighted by molar-refractivity contribution is -0.132. The zero-order valence-electron chi connectivity index (χ0n) is 15.9. The minimum Gasteiger partial charge on any atom is -0.367 e. The fourth-order valence-electron chi connectivity index (χ4n) is 2.94. The molecule has 2 rings (SSSR count). The van der Waals surface area contributed by atoms with Gasteiger partial charge in [0.15, 0.2) is 5.57 Å². The van der Waals surface area contributed by atoms with Crippen LogP contribution in [0.5, 0.6) is 0 Å². The van der Waals surface area contributed by atoms with Crippen LogP contribution in [0.2, 0.25) is 5.02 Å². The van der Waals surface area contributed by atoms with E-state index in [1.165, 1.54) is 0 Å². The molecule has 8 heteroatoms. The summed E-state index contributed by atoms with van der Waals surface area (Å²) in [5.41, 5.74) is 0.946. The second-order valence-corrected chi connectivity index (χ2v) is 7.25. The maximum atomic E-state index is 12.2. The molecule has 0 spiro atoms. The lowest BCUT2D eigenvalue weighted by Gasteiger charge is -2.37. The number of carbonyl (C=O) groups excluding carboxylic acids is 1. The number of hydrogen-bond donors (Lipinski definition) is 1. The van der Waals surface area contributed by atoms with Gasteiger partial charge >= 0.3 is 0 Å². The maximum absolute atomic E-state index is 12.2. The Morgan fingerprint density at radius 2 is 1.79 bits per heavy atom. The predicted octanol–water partition coefficient (Wildman–Crippen LogP) is 3.27. The van der Waals surface area contributed by atoms with E-state index in [2.05, 4.69) is 10.2 Å². The summed E-state index contributed by atoms with van der Waals surface area (Å²) in [6.07, 6.45) is 0.559. The number of allylic oxidation sites excluding steroid dienone is 2. The molecule has 1 heterocycles. The first-order chi connectivity index (χ1) is 13.4. The van der Waals surface area contributed by atoms with Crippen molar-refractivity contribution < 1.29 is 4.79 Å². The normalized spacial score (nSPS) is 13.3. The van der Waals surface area contributed by atoms with Crippen molar-refractivity contribution in [2.75, 3.05) is 36.4 Å². The lowest BCUT2D eigenvalue weighted by atomic mass is 10.1. The smallest absolute Gasteiger partial charge is 0.222 e. The fraction of sp³-hybridized carbons (Fsp3) is 0.400. The van der Waals surface area contributed by atoms with E-state index in [1.807, 2.05) is 30.9 Å². The van der Waals surface area contributed by atoms with E-state index < -0.39 is 0 Å². The summed E-state index contributed by atoms with van der Waals surface area (Å²) in [4.78, 5) is 16.2. The number of nitriles is 3. The van der Waals surface area contributed by atoms with Crippen LogP contribution in [0.4, 0.5) is 11.4 Å². The largest absolute Gasteiger partial charge is 0.367 e. The molecule has 1 aromatic carbocycles. The Bertz CT molecular complexity index is 879. The molecule has 0 radical (unpaired) electrons. The molecule has 1 aliphatic rings. The van der Waals surface area contributed by atoms with Gasteiger partial charge in [0.25, 0.3) is 0 Å². The molecule has 28 heavy (non-hydrogen) atoms. The molecule has 144 valence electrons. The number of amides is 1. The van der Waals surface area contributed by atoms with Crippen molar-refractivity contribution in [2.45, 2.75) is 20.3 Å². The molecular formula is C20H21ClN6O. The predicted molar refractivity (Wildman–Crippen MR) is 107 cm³/mol. The van der Waals surface area contributed by atoms with Crippen LogP contribution in [0, 0.1) is 39.9 Å². The quantitative estimate of drug-likeness (QED) is 0.765. The molecule has 0 saturated carbocycles. The van der Waals surface area contributed by atoms with Crippen molar-refractivity contribution in [1.82, 2.24) is 4.90 Å². The SMILES string of the molecule is CC(C)CC(=O)N1CCN(c2ccc(NC(C#N)=C(C#N)C#N)cc2Cl)CC1. The Hall–Kier alpha value is -3.21. The van der Waals surface area contributed by atoms with E-state index in [9.17, 15) is 4.79 Å². The Kier molecular flexibility index (Phi) is 7.27. The van der Waals surface area contributed by atoms with Crippen LogP contribution < -0.4 is 10.2 Å². The van der Waals surface area contributed by atoms with Gasteiger partial charge in [-0.05, 0) is 24.1 Å². The van der Waals surface area contributed by atoms with Gasteiger partial charge in [-0.15, -0.1) is 0 Å². The van der Waals surface area contributed by atoms with Gasteiger partial charge in [-0.25, -0.2) is 0 Å². The zero-order chi connectivity index (χ0) is 20.7. The summed E-state index contributed by atoms with van der Waals surface area (Å²) >= 11 is 6.41. The van der Waals surface area contributed by atoms with Crippen molar-refractivity contribution in [3.8, 4) is 18.2 Å². The first-order valence-electron chi connectivity index (χ1n) is 8.93. The number of benzene rings is 1. The highest BCUT2D eigenvalue weighted by Crippen LogP contribution is 2.30. The summed E-state index contributed by atoms with van der Waals surface area (Å²) in [7, 11) is 0. The number of carbonyl (C=O) groups is 1. The third kappa shape index (κ3) is 5.16. The average Bonchev–Trinajstić information content (AvgIpc) is 2.67. The van der Waals surface area contributed by atoms with E-state index in [0.29, 0.717) is 49.2 Å². The van der Waals surface area contributed by atoms with Crippen molar-refractivity contribution in [3.63, 3.8) is 0 Å². The number of halogens is 1. The molecule has 0 aliphatic carbocycles. The molecule has 1 fully saturated rings. The Morgan fingerprint density at radius 3 is 2.29 bits per heavy atom. The summed E-state index contributed by atoms with van der Waals surface area (Å²) in [6.45, 7) is 6.74. The zero-order valence-corrected chi connectivity index (χ0v) is 16.6. The number of nitrogens with one attached hydrogen (secondary N) is 1. The van der Waals surface area contributed by atoms with Crippen LogP contribution in [-0.4, -0.2) is 37.0 Å². The highest BCUT2D eigenvalue weighted by Gasteiger charge is 2.23. The Morgan fingerprint density at radius 1 is 1.14 bits per heavy atom. The number of nitrogens with zero attached hydrogens (tertiary/aromatic N) is 5. The van der Waals surface area contributed by atoms with Gasteiger partial charge < -0.3 is 15.1 Å². The van der Waals surface area contributed by atoms with Gasteiger partial charge in [-0.3, -0.25) is 4.79 Å². The van der Waals surface area contributed by atoms with E-state index in [0.717, 1.165) is 5.69 Å².